The number of nitrogens with one attached hydrogen (secondary N) is 1. The Kier molecular flexibility index (Phi) is 1.95. The highest BCUT2D eigenvalue weighted by Crippen LogP contribution is 2.29. The minimum Gasteiger partial charge on any atom is -0.403 e. The van der Waals surface area contributed by atoms with Crippen LogP contribution in [0, 0.1) is 0 Å². The number of alkyl halides is 3. The molecule has 0 saturated heterocycles. The molecule has 0 bridgehead atoms. The van der Waals surface area contributed by atoms with Gasteiger partial charge in [-0.1, -0.05) is 6.07 Å². The lowest BCUT2D eigenvalue weighted by Gasteiger charge is -2.08. The first-order valence-electron chi connectivity index (χ1n) is 3.96. The lowest BCUT2D eigenvalue weighted by atomic mass is 10.3. The molecule has 1 heterocycles. The van der Waals surface area contributed by atoms with E-state index in [9.17, 15) is 13.2 Å². The highest BCUT2D eigenvalue weighted by atomic mass is 19.4. The molecule has 0 fully saturated rings. The van der Waals surface area contributed by atoms with Gasteiger partial charge in [0.1, 0.15) is 5.52 Å². The molecule has 4 nitrogen and oxygen atoms in total. The number of halogens is 3. The fraction of sp³-hybridized carbons (Fsp3) is 0.125. The molecule has 2 rings (SSSR count). The first kappa shape index (κ1) is 9.63. The summed E-state index contributed by atoms with van der Waals surface area (Å²) in [5.74, 6) is -0.323. The fourth-order valence-electron chi connectivity index (χ4n) is 1.23. The van der Waals surface area contributed by atoms with Crippen LogP contribution < -0.4 is 10.5 Å². The lowest BCUT2D eigenvalue weighted by molar-refractivity contribution is -0.274. The van der Waals surface area contributed by atoms with E-state index < -0.39 is 6.36 Å². The second-order valence-corrected chi connectivity index (χ2v) is 2.82. The molecule has 0 saturated carbocycles. The number of aromatic nitrogens is 2. The third-order valence-corrected chi connectivity index (χ3v) is 1.72. The fourth-order valence-corrected chi connectivity index (χ4v) is 1.23. The van der Waals surface area contributed by atoms with Crippen LogP contribution in [0.1, 0.15) is 0 Å². The number of hydrogen-bond donors (Lipinski definition) is 2. The molecular formula is C8H6F3N3O. The minimum atomic E-state index is -4.73. The van der Waals surface area contributed by atoms with Crippen molar-refractivity contribution < 1.29 is 17.9 Å². The van der Waals surface area contributed by atoms with Gasteiger partial charge in [-0.15, -0.1) is 13.2 Å². The van der Waals surface area contributed by atoms with Gasteiger partial charge in [-0.25, -0.2) is 4.98 Å². The normalized spacial score (nSPS) is 11.9. The van der Waals surface area contributed by atoms with Crippen molar-refractivity contribution in [3.8, 4) is 5.75 Å². The number of hydrogen-bond acceptors (Lipinski definition) is 3. The number of benzene rings is 1. The van der Waals surface area contributed by atoms with Gasteiger partial charge in [0.05, 0.1) is 5.52 Å². The van der Waals surface area contributed by atoms with Gasteiger partial charge in [0.15, 0.2) is 11.7 Å². The van der Waals surface area contributed by atoms with Gasteiger partial charge < -0.3 is 15.5 Å². The van der Waals surface area contributed by atoms with Crippen LogP contribution in [0.4, 0.5) is 19.1 Å². The second-order valence-electron chi connectivity index (χ2n) is 2.82. The highest BCUT2D eigenvalue weighted by Gasteiger charge is 2.32. The van der Waals surface area contributed by atoms with Gasteiger partial charge in [-0.2, -0.15) is 0 Å². The molecule has 0 atom stereocenters. The Morgan fingerprint density at radius 3 is 2.73 bits per heavy atom. The Bertz CT molecular complexity index is 491. The summed E-state index contributed by atoms with van der Waals surface area (Å²) in [5.41, 5.74) is 5.78. The number of anilines is 1. The molecule has 2 aromatic rings. The Morgan fingerprint density at radius 2 is 2.07 bits per heavy atom. The van der Waals surface area contributed by atoms with Crippen LogP contribution in [0.2, 0.25) is 0 Å². The SMILES string of the molecule is Nc1nc2c(OC(F)(F)F)cccc2[nH]1. The molecule has 1 aromatic carbocycles. The van der Waals surface area contributed by atoms with Crippen LogP contribution in [-0.2, 0) is 0 Å². The molecular weight excluding hydrogens is 211 g/mol. The number of aromatic amines is 1. The minimum absolute atomic E-state index is 0.0447. The molecule has 80 valence electrons. The Hall–Kier alpha value is -1.92. The smallest absolute Gasteiger partial charge is 0.403 e. The lowest BCUT2D eigenvalue weighted by Crippen LogP contribution is -2.17. The summed E-state index contributed by atoms with van der Waals surface area (Å²) >= 11 is 0. The molecule has 0 spiro atoms. The molecule has 15 heavy (non-hydrogen) atoms. The summed E-state index contributed by atoms with van der Waals surface area (Å²) in [6, 6.07) is 4.15. The van der Waals surface area contributed by atoms with Crippen LogP contribution in [0.5, 0.6) is 5.75 Å². The predicted octanol–water partition coefficient (Wildman–Crippen LogP) is 2.04. The van der Waals surface area contributed by atoms with E-state index in [4.69, 9.17) is 5.73 Å². The van der Waals surface area contributed by atoms with E-state index in [-0.39, 0.29) is 17.2 Å². The zero-order valence-electron chi connectivity index (χ0n) is 7.30. The van der Waals surface area contributed by atoms with Gasteiger partial charge in [-0.05, 0) is 12.1 Å². The molecule has 1 aromatic heterocycles. The van der Waals surface area contributed by atoms with Crippen molar-refractivity contribution in [2.24, 2.45) is 0 Å². The van der Waals surface area contributed by atoms with Crippen molar-refractivity contribution in [3.05, 3.63) is 18.2 Å². The summed E-state index contributed by atoms with van der Waals surface area (Å²) in [7, 11) is 0. The first-order chi connectivity index (χ1) is 6.96. The monoisotopic (exact) mass is 217 g/mol. The number of imidazole rings is 1. The highest BCUT2D eigenvalue weighted by molar-refractivity contribution is 5.83. The number of H-pyrrole nitrogens is 1. The summed E-state index contributed by atoms with van der Waals surface area (Å²) in [6.45, 7) is 0. The number of nitrogens with two attached hydrogens (primary N) is 1. The van der Waals surface area contributed by atoms with Crippen molar-refractivity contribution >= 4 is 17.0 Å². The van der Waals surface area contributed by atoms with E-state index in [0.29, 0.717) is 5.52 Å². The van der Waals surface area contributed by atoms with Crippen molar-refractivity contribution in [2.75, 3.05) is 5.73 Å². The molecule has 0 aliphatic heterocycles. The van der Waals surface area contributed by atoms with E-state index in [1.165, 1.54) is 12.1 Å². The molecule has 3 N–H and O–H groups in total. The van der Waals surface area contributed by atoms with E-state index in [0.717, 1.165) is 0 Å². The standard InChI is InChI=1S/C8H6F3N3O/c9-8(10,11)15-5-3-1-2-4-6(5)14-7(12)13-4/h1-3H,(H3,12,13,14). The van der Waals surface area contributed by atoms with Crippen LogP contribution in [0.15, 0.2) is 18.2 Å². The average molecular weight is 217 g/mol. The maximum absolute atomic E-state index is 12.0. The topological polar surface area (TPSA) is 63.9 Å². The van der Waals surface area contributed by atoms with Gasteiger partial charge in [0, 0.05) is 0 Å². The van der Waals surface area contributed by atoms with Crippen LogP contribution in [-0.4, -0.2) is 16.3 Å². The number of para-hydroxylation sites is 1. The van der Waals surface area contributed by atoms with Crippen LogP contribution in [0.25, 0.3) is 11.0 Å². The molecule has 0 amide bonds. The molecule has 0 radical (unpaired) electrons. The van der Waals surface area contributed by atoms with Crippen molar-refractivity contribution in [1.29, 1.82) is 0 Å². The number of rotatable bonds is 1. The Balaban J connectivity index is 2.51. The van der Waals surface area contributed by atoms with Gasteiger partial charge in [0.25, 0.3) is 0 Å². The van der Waals surface area contributed by atoms with E-state index in [1.54, 1.807) is 6.07 Å². The Morgan fingerprint density at radius 1 is 1.33 bits per heavy atom. The van der Waals surface area contributed by atoms with E-state index in [2.05, 4.69) is 14.7 Å². The van der Waals surface area contributed by atoms with E-state index in [1.807, 2.05) is 0 Å². The molecule has 0 aliphatic carbocycles. The van der Waals surface area contributed by atoms with Crippen molar-refractivity contribution in [3.63, 3.8) is 0 Å². The van der Waals surface area contributed by atoms with Gasteiger partial charge in [-0.3, -0.25) is 0 Å². The first-order valence-corrected chi connectivity index (χ1v) is 3.96. The largest absolute Gasteiger partial charge is 0.573 e. The molecule has 7 heteroatoms. The number of nitrogen functional groups attached to an aromatic ring is 1. The summed E-state index contributed by atoms with van der Waals surface area (Å²) < 4.78 is 39.7. The summed E-state index contributed by atoms with van der Waals surface area (Å²) in [6.07, 6.45) is -4.73. The third kappa shape index (κ3) is 1.95. The maximum atomic E-state index is 12.0. The second kappa shape index (κ2) is 3.04. The van der Waals surface area contributed by atoms with Crippen LogP contribution in [0.3, 0.4) is 0 Å². The number of nitrogens with zero attached hydrogens (tertiary/aromatic N) is 1. The molecule has 0 unspecified atom stereocenters. The predicted molar refractivity (Wildman–Crippen MR) is 47.2 cm³/mol. The Labute approximate surface area is 81.9 Å². The van der Waals surface area contributed by atoms with Crippen LogP contribution >= 0.6 is 0 Å². The summed E-state index contributed by atoms with van der Waals surface area (Å²) in [5, 5.41) is 0. The maximum Gasteiger partial charge on any atom is 0.573 e. The zero-order chi connectivity index (χ0) is 11.1. The number of ether oxygens (including phenoxy) is 1. The van der Waals surface area contributed by atoms with Crippen molar-refractivity contribution in [2.45, 2.75) is 6.36 Å². The van der Waals surface area contributed by atoms with Crippen molar-refractivity contribution in [1.82, 2.24) is 9.97 Å². The average Bonchev–Trinajstić information content (AvgIpc) is 2.43. The molecule has 0 aliphatic rings. The zero-order valence-corrected chi connectivity index (χ0v) is 7.30. The van der Waals surface area contributed by atoms with E-state index >= 15 is 0 Å². The third-order valence-electron chi connectivity index (χ3n) is 1.72. The van der Waals surface area contributed by atoms with Gasteiger partial charge in [0.2, 0.25) is 0 Å². The summed E-state index contributed by atoms with van der Waals surface area (Å²) in [4.78, 5) is 6.30. The quantitative estimate of drug-likeness (QED) is 0.768. The number of fused-ring (bicyclic) bond motifs is 1. The van der Waals surface area contributed by atoms with Gasteiger partial charge >= 0.3 is 6.36 Å².